The number of rotatable bonds is 7. The van der Waals surface area contributed by atoms with Gasteiger partial charge in [-0.25, -0.2) is 4.39 Å². The van der Waals surface area contributed by atoms with Crippen molar-refractivity contribution >= 4 is 23.5 Å². The highest BCUT2D eigenvalue weighted by molar-refractivity contribution is 6.01. The molecule has 0 N–H and O–H groups in total. The molecule has 1 aliphatic rings. The van der Waals surface area contributed by atoms with Gasteiger partial charge in [-0.15, -0.1) is 0 Å². The van der Waals surface area contributed by atoms with E-state index in [0.717, 1.165) is 5.56 Å². The summed E-state index contributed by atoms with van der Waals surface area (Å²) in [5, 5.41) is 0. The molecule has 1 atom stereocenters. The van der Waals surface area contributed by atoms with E-state index in [0.29, 0.717) is 12.2 Å². The van der Waals surface area contributed by atoms with E-state index in [2.05, 4.69) is 0 Å². The molecule has 0 saturated carbocycles. The summed E-state index contributed by atoms with van der Waals surface area (Å²) in [6.07, 6.45) is 0.0756. The zero-order valence-corrected chi connectivity index (χ0v) is 16.2. The van der Waals surface area contributed by atoms with Crippen molar-refractivity contribution < 1.29 is 23.5 Å². The summed E-state index contributed by atoms with van der Waals surface area (Å²) in [7, 11) is 0. The molecule has 7 heteroatoms. The van der Waals surface area contributed by atoms with E-state index < -0.39 is 17.7 Å². The molecule has 0 spiro atoms. The van der Waals surface area contributed by atoms with Gasteiger partial charge in [-0.3, -0.25) is 14.4 Å². The number of esters is 1. The summed E-state index contributed by atoms with van der Waals surface area (Å²) >= 11 is 0. The molecule has 0 bridgehead atoms. The van der Waals surface area contributed by atoms with Crippen LogP contribution < -0.4 is 4.90 Å². The van der Waals surface area contributed by atoms with Gasteiger partial charge in [0, 0.05) is 25.2 Å². The van der Waals surface area contributed by atoms with Crippen LogP contribution in [0.1, 0.15) is 18.9 Å². The molecule has 0 unspecified atom stereocenters. The Morgan fingerprint density at radius 3 is 2.48 bits per heavy atom. The molecule has 2 aromatic rings. The van der Waals surface area contributed by atoms with Gasteiger partial charge in [0.15, 0.2) is 0 Å². The smallest absolute Gasteiger partial charge is 0.326 e. The Morgan fingerprint density at radius 1 is 1.14 bits per heavy atom. The predicted molar refractivity (Wildman–Crippen MR) is 105 cm³/mol. The molecule has 1 fully saturated rings. The zero-order chi connectivity index (χ0) is 20.8. The minimum Gasteiger partial charge on any atom is -0.465 e. The third kappa shape index (κ3) is 5.19. The second-order valence-electron chi connectivity index (χ2n) is 6.87. The van der Waals surface area contributed by atoms with Crippen molar-refractivity contribution in [2.45, 2.75) is 19.9 Å². The van der Waals surface area contributed by atoms with E-state index in [1.54, 1.807) is 11.8 Å². The lowest BCUT2D eigenvalue weighted by Gasteiger charge is -2.25. The fourth-order valence-electron chi connectivity index (χ4n) is 3.37. The maximum Gasteiger partial charge on any atom is 0.326 e. The highest BCUT2D eigenvalue weighted by atomic mass is 19.1. The molecule has 0 aromatic heterocycles. The molecular formula is C22H23FN2O4. The van der Waals surface area contributed by atoms with Gasteiger partial charge in [0.25, 0.3) is 0 Å². The number of halogens is 1. The molecule has 152 valence electrons. The van der Waals surface area contributed by atoms with Crippen LogP contribution in [0.4, 0.5) is 10.1 Å². The van der Waals surface area contributed by atoms with Crippen LogP contribution in [0, 0.1) is 11.7 Å². The van der Waals surface area contributed by atoms with E-state index in [-0.39, 0.29) is 37.9 Å². The summed E-state index contributed by atoms with van der Waals surface area (Å²) < 4.78 is 18.3. The second kappa shape index (κ2) is 9.32. The number of carbonyl (C=O) groups is 3. The van der Waals surface area contributed by atoms with Crippen molar-refractivity contribution in [2.24, 2.45) is 5.92 Å². The Bertz CT molecular complexity index is 870. The van der Waals surface area contributed by atoms with Crippen molar-refractivity contribution in [3.05, 3.63) is 66.0 Å². The van der Waals surface area contributed by atoms with Crippen LogP contribution >= 0.6 is 0 Å². The fraction of sp³-hybridized carbons (Fsp3) is 0.318. The summed E-state index contributed by atoms with van der Waals surface area (Å²) in [5.41, 5.74) is 1.37. The SMILES string of the molecule is CCOC(=O)CN(C(=O)[C@H]1CC(=O)N(Cc2ccccc2)C1)c1ccc(F)cc1. The van der Waals surface area contributed by atoms with Crippen molar-refractivity contribution in [3.63, 3.8) is 0 Å². The summed E-state index contributed by atoms with van der Waals surface area (Å²) in [4.78, 5) is 40.5. The highest BCUT2D eigenvalue weighted by Crippen LogP contribution is 2.25. The quantitative estimate of drug-likeness (QED) is 0.673. The van der Waals surface area contributed by atoms with Crippen LogP contribution in [-0.4, -0.2) is 42.4 Å². The second-order valence-corrected chi connectivity index (χ2v) is 6.87. The Hall–Kier alpha value is -3.22. The summed E-state index contributed by atoms with van der Waals surface area (Å²) in [6.45, 7) is 2.28. The first-order chi connectivity index (χ1) is 14.0. The van der Waals surface area contributed by atoms with E-state index in [1.807, 2.05) is 30.3 Å². The average Bonchev–Trinajstić information content (AvgIpc) is 3.08. The van der Waals surface area contributed by atoms with Crippen molar-refractivity contribution in [2.75, 3.05) is 24.6 Å². The van der Waals surface area contributed by atoms with Gasteiger partial charge in [0.05, 0.1) is 12.5 Å². The Morgan fingerprint density at radius 2 is 1.83 bits per heavy atom. The number of hydrogen-bond donors (Lipinski definition) is 0. The largest absolute Gasteiger partial charge is 0.465 e. The van der Waals surface area contributed by atoms with E-state index in [1.165, 1.54) is 29.2 Å². The zero-order valence-electron chi connectivity index (χ0n) is 16.2. The highest BCUT2D eigenvalue weighted by Gasteiger charge is 2.37. The summed E-state index contributed by atoms with van der Waals surface area (Å²) in [6, 6.07) is 14.9. The van der Waals surface area contributed by atoms with Crippen molar-refractivity contribution in [1.29, 1.82) is 0 Å². The first-order valence-corrected chi connectivity index (χ1v) is 9.52. The van der Waals surface area contributed by atoms with Gasteiger partial charge in [-0.05, 0) is 36.8 Å². The average molecular weight is 398 g/mol. The van der Waals surface area contributed by atoms with Gasteiger partial charge in [-0.1, -0.05) is 30.3 Å². The third-order valence-corrected chi connectivity index (χ3v) is 4.78. The molecule has 2 amide bonds. The first-order valence-electron chi connectivity index (χ1n) is 9.52. The van der Waals surface area contributed by atoms with E-state index >= 15 is 0 Å². The third-order valence-electron chi connectivity index (χ3n) is 4.78. The molecular weight excluding hydrogens is 375 g/mol. The maximum atomic E-state index is 13.3. The fourth-order valence-corrected chi connectivity index (χ4v) is 3.37. The lowest BCUT2D eigenvalue weighted by atomic mass is 10.1. The Kier molecular flexibility index (Phi) is 6.59. The van der Waals surface area contributed by atoms with Crippen molar-refractivity contribution in [1.82, 2.24) is 4.90 Å². The normalized spacial score (nSPS) is 16.0. The predicted octanol–water partition coefficient (Wildman–Crippen LogP) is 2.77. The molecule has 1 saturated heterocycles. The molecule has 0 aliphatic carbocycles. The van der Waals surface area contributed by atoms with Gasteiger partial charge in [-0.2, -0.15) is 0 Å². The first kappa shape index (κ1) is 20.5. The van der Waals surface area contributed by atoms with Crippen molar-refractivity contribution in [3.8, 4) is 0 Å². The minimum atomic E-state index is -0.578. The van der Waals surface area contributed by atoms with Gasteiger partial charge in [0.1, 0.15) is 12.4 Å². The Labute approximate surface area is 168 Å². The molecule has 3 rings (SSSR count). The number of benzene rings is 2. The molecule has 0 radical (unpaired) electrons. The number of amides is 2. The van der Waals surface area contributed by atoms with Gasteiger partial charge >= 0.3 is 5.97 Å². The number of anilines is 1. The maximum absolute atomic E-state index is 13.3. The van der Waals surface area contributed by atoms with Gasteiger partial charge in [0.2, 0.25) is 11.8 Å². The minimum absolute atomic E-state index is 0.0756. The Balaban J connectivity index is 1.75. The summed E-state index contributed by atoms with van der Waals surface area (Å²) in [5.74, 6) is -2.04. The molecule has 1 aliphatic heterocycles. The number of ether oxygens (including phenoxy) is 1. The molecule has 1 heterocycles. The van der Waals surface area contributed by atoms with Crippen LogP contribution in [0.25, 0.3) is 0 Å². The molecule has 29 heavy (non-hydrogen) atoms. The number of nitrogens with zero attached hydrogens (tertiary/aromatic N) is 2. The molecule has 2 aromatic carbocycles. The number of hydrogen-bond acceptors (Lipinski definition) is 4. The van der Waals surface area contributed by atoms with Crippen LogP contribution in [0.5, 0.6) is 0 Å². The van der Waals surface area contributed by atoms with E-state index in [4.69, 9.17) is 4.74 Å². The van der Waals surface area contributed by atoms with Crippen LogP contribution in [0.15, 0.2) is 54.6 Å². The number of likely N-dealkylation sites (tertiary alicyclic amines) is 1. The lowest BCUT2D eigenvalue weighted by Crippen LogP contribution is -2.41. The van der Waals surface area contributed by atoms with Crippen LogP contribution in [-0.2, 0) is 25.7 Å². The number of carbonyl (C=O) groups excluding carboxylic acids is 3. The lowest BCUT2D eigenvalue weighted by molar-refractivity contribution is -0.142. The standard InChI is InChI=1S/C22H23FN2O4/c1-2-29-21(27)15-25(19-10-8-18(23)9-11-19)22(28)17-12-20(26)24(14-17)13-16-6-4-3-5-7-16/h3-11,17H,2,12-15H2,1H3/t17-/m0/s1. The molecule has 6 nitrogen and oxygen atoms in total. The topological polar surface area (TPSA) is 66.9 Å². The van der Waals surface area contributed by atoms with E-state index in [9.17, 15) is 18.8 Å². The van der Waals surface area contributed by atoms with Gasteiger partial charge < -0.3 is 14.5 Å². The van der Waals surface area contributed by atoms with Crippen LogP contribution in [0.3, 0.4) is 0 Å². The van der Waals surface area contributed by atoms with Crippen LogP contribution in [0.2, 0.25) is 0 Å². The monoisotopic (exact) mass is 398 g/mol.